The Balaban J connectivity index is 1.94. The van der Waals surface area contributed by atoms with E-state index in [1.807, 2.05) is 20.8 Å². The molecule has 2 aromatic rings. The highest BCUT2D eigenvalue weighted by Crippen LogP contribution is 2.18. The first-order chi connectivity index (χ1) is 11.8. The van der Waals surface area contributed by atoms with Crippen molar-refractivity contribution in [3.05, 3.63) is 48.0 Å². The molecule has 2 aromatic carbocycles. The molecule has 0 spiro atoms. The summed E-state index contributed by atoms with van der Waals surface area (Å²) in [5.74, 6) is 0.313. The Kier molecular flexibility index (Phi) is 6.43. The number of carbonyl (C=O) groups is 1. The Labute approximate surface area is 151 Å². The molecule has 1 amide bonds. The predicted octanol–water partition coefficient (Wildman–Crippen LogP) is 4.48. The van der Waals surface area contributed by atoms with Gasteiger partial charge in [-0.05, 0) is 43.0 Å². The highest BCUT2D eigenvalue weighted by molar-refractivity contribution is 5.85. The van der Waals surface area contributed by atoms with E-state index in [2.05, 4.69) is 66.9 Å². The van der Waals surface area contributed by atoms with Gasteiger partial charge in [0.1, 0.15) is 5.60 Å². The Morgan fingerprint density at radius 3 is 2.44 bits per heavy atom. The number of nitrogens with one attached hydrogen (secondary N) is 2. The molecular weight excluding hydrogens is 312 g/mol. The van der Waals surface area contributed by atoms with E-state index >= 15 is 0 Å². The number of ether oxygens (including phenoxy) is 1. The van der Waals surface area contributed by atoms with Crippen molar-refractivity contribution in [3.8, 4) is 0 Å². The largest absolute Gasteiger partial charge is 0.444 e. The molecule has 25 heavy (non-hydrogen) atoms. The minimum absolute atomic E-state index is 0.0184. The van der Waals surface area contributed by atoms with Gasteiger partial charge < -0.3 is 15.4 Å². The van der Waals surface area contributed by atoms with Gasteiger partial charge in [-0.3, -0.25) is 0 Å². The molecule has 4 nitrogen and oxygen atoms in total. The fraction of sp³-hybridized carbons (Fsp3) is 0.476. The Bertz CT molecular complexity index is 699. The van der Waals surface area contributed by atoms with Crippen molar-refractivity contribution < 1.29 is 9.53 Å². The Morgan fingerprint density at radius 2 is 1.76 bits per heavy atom. The summed E-state index contributed by atoms with van der Waals surface area (Å²) in [6, 6.07) is 14.8. The third-order valence-electron chi connectivity index (χ3n) is 4.07. The zero-order valence-electron chi connectivity index (χ0n) is 15.9. The van der Waals surface area contributed by atoms with Gasteiger partial charge >= 0.3 is 6.09 Å². The van der Waals surface area contributed by atoms with Crippen molar-refractivity contribution >= 4 is 16.9 Å². The van der Waals surface area contributed by atoms with E-state index in [1.54, 1.807) is 0 Å². The summed E-state index contributed by atoms with van der Waals surface area (Å²) in [6.45, 7) is 11.3. The summed E-state index contributed by atoms with van der Waals surface area (Å²) in [7, 11) is 0. The molecule has 0 saturated carbocycles. The maximum atomic E-state index is 12.0. The molecule has 0 aliphatic rings. The third kappa shape index (κ3) is 6.05. The molecule has 1 atom stereocenters. The van der Waals surface area contributed by atoms with Crippen LogP contribution in [0.1, 0.15) is 40.2 Å². The molecule has 2 N–H and O–H groups in total. The molecule has 0 aromatic heterocycles. The number of amides is 1. The lowest BCUT2D eigenvalue weighted by atomic mass is 10.0. The molecule has 4 heteroatoms. The molecule has 0 heterocycles. The number of alkyl carbamates (subject to hydrolysis) is 1. The molecule has 0 aliphatic heterocycles. The van der Waals surface area contributed by atoms with E-state index in [4.69, 9.17) is 4.74 Å². The van der Waals surface area contributed by atoms with Crippen LogP contribution in [0.15, 0.2) is 42.5 Å². The maximum absolute atomic E-state index is 12.0. The van der Waals surface area contributed by atoms with Gasteiger partial charge in [0.2, 0.25) is 0 Å². The van der Waals surface area contributed by atoms with Gasteiger partial charge in [0.05, 0.1) is 0 Å². The third-order valence-corrected chi connectivity index (χ3v) is 4.07. The van der Waals surface area contributed by atoms with Gasteiger partial charge in [0.15, 0.2) is 0 Å². The highest BCUT2D eigenvalue weighted by Gasteiger charge is 2.21. The molecule has 0 saturated heterocycles. The van der Waals surface area contributed by atoms with Crippen LogP contribution in [-0.2, 0) is 11.3 Å². The number of hydrogen-bond donors (Lipinski definition) is 2. The van der Waals surface area contributed by atoms with E-state index in [0.29, 0.717) is 12.5 Å². The van der Waals surface area contributed by atoms with Crippen LogP contribution in [0, 0.1) is 5.92 Å². The zero-order valence-corrected chi connectivity index (χ0v) is 15.9. The van der Waals surface area contributed by atoms with Gasteiger partial charge in [-0.25, -0.2) is 4.79 Å². The summed E-state index contributed by atoms with van der Waals surface area (Å²) >= 11 is 0. The van der Waals surface area contributed by atoms with Crippen molar-refractivity contribution in [3.63, 3.8) is 0 Å². The number of rotatable bonds is 6. The second-order valence-electron chi connectivity index (χ2n) is 7.77. The van der Waals surface area contributed by atoms with Crippen LogP contribution in [0.25, 0.3) is 10.8 Å². The molecule has 2 rings (SSSR count). The van der Waals surface area contributed by atoms with Crippen LogP contribution in [0.2, 0.25) is 0 Å². The first-order valence-corrected chi connectivity index (χ1v) is 8.93. The minimum Gasteiger partial charge on any atom is -0.444 e. The number of benzene rings is 2. The summed E-state index contributed by atoms with van der Waals surface area (Å²) in [5, 5.41) is 8.95. The summed E-state index contributed by atoms with van der Waals surface area (Å²) < 4.78 is 5.36. The first-order valence-electron chi connectivity index (χ1n) is 8.93. The van der Waals surface area contributed by atoms with Crippen LogP contribution in [0.4, 0.5) is 4.79 Å². The highest BCUT2D eigenvalue weighted by atomic mass is 16.6. The van der Waals surface area contributed by atoms with Crippen molar-refractivity contribution in [1.82, 2.24) is 10.6 Å². The van der Waals surface area contributed by atoms with E-state index in [-0.39, 0.29) is 12.1 Å². The Hall–Kier alpha value is -2.07. The molecule has 1 unspecified atom stereocenters. The van der Waals surface area contributed by atoms with Gasteiger partial charge in [-0.1, -0.05) is 56.3 Å². The average Bonchev–Trinajstić information content (AvgIpc) is 2.52. The normalized spacial score (nSPS) is 13.0. The molecule has 0 radical (unpaired) electrons. The predicted molar refractivity (Wildman–Crippen MR) is 104 cm³/mol. The van der Waals surface area contributed by atoms with Crippen molar-refractivity contribution in [2.45, 2.75) is 52.8 Å². The summed E-state index contributed by atoms with van der Waals surface area (Å²) in [5.41, 5.74) is 0.778. The van der Waals surface area contributed by atoms with E-state index in [1.165, 1.54) is 16.3 Å². The standard InChI is InChI=1S/C21H30N2O2/c1-15(2)19(23-20(24)25-21(3,4)5)14-22-13-17-11-8-10-16-9-6-7-12-18(16)17/h6-12,15,19,22H,13-14H2,1-5H3,(H,23,24). The van der Waals surface area contributed by atoms with Crippen LogP contribution < -0.4 is 10.6 Å². The number of hydrogen-bond acceptors (Lipinski definition) is 3. The van der Waals surface area contributed by atoms with Crippen LogP contribution in [0.3, 0.4) is 0 Å². The lowest BCUT2D eigenvalue weighted by Crippen LogP contribution is -2.46. The van der Waals surface area contributed by atoms with Crippen LogP contribution in [0.5, 0.6) is 0 Å². The topological polar surface area (TPSA) is 50.4 Å². The molecule has 0 bridgehead atoms. The van der Waals surface area contributed by atoms with Crippen LogP contribution in [-0.4, -0.2) is 24.3 Å². The van der Waals surface area contributed by atoms with Crippen molar-refractivity contribution in [2.75, 3.05) is 6.54 Å². The zero-order chi connectivity index (χ0) is 18.4. The lowest BCUT2D eigenvalue weighted by molar-refractivity contribution is 0.0490. The quantitative estimate of drug-likeness (QED) is 0.814. The van der Waals surface area contributed by atoms with Gasteiger partial charge in [0, 0.05) is 19.1 Å². The first kappa shape index (κ1) is 19.3. The SMILES string of the molecule is CC(C)C(CNCc1cccc2ccccc12)NC(=O)OC(C)(C)C. The molecule has 136 valence electrons. The van der Waals surface area contributed by atoms with Crippen molar-refractivity contribution in [2.24, 2.45) is 5.92 Å². The summed E-state index contributed by atoms with van der Waals surface area (Å²) in [6.07, 6.45) is -0.363. The van der Waals surface area contributed by atoms with Gasteiger partial charge in [-0.15, -0.1) is 0 Å². The average molecular weight is 342 g/mol. The minimum atomic E-state index is -0.484. The van der Waals surface area contributed by atoms with Gasteiger partial charge in [-0.2, -0.15) is 0 Å². The van der Waals surface area contributed by atoms with Crippen molar-refractivity contribution in [1.29, 1.82) is 0 Å². The molecular formula is C21H30N2O2. The fourth-order valence-corrected chi connectivity index (χ4v) is 2.72. The number of carbonyl (C=O) groups excluding carboxylic acids is 1. The van der Waals surface area contributed by atoms with E-state index in [0.717, 1.165) is 6.54 Å². The maximum Gasteiger partial charge on any atom is 0.407 e. The van der Waals surface area contributed by atoms with E-state index < -0.39 is 5.60 Å². The second kappa shape index (κ2) is 8.34. The van der Waals surface area contributed by atoms with Gasteiger partial charge in [0.25, 0.3) is 0 Å². The fourth-order valence-electron chi connectivity index (χ4n) is 2.72. The monoisotopic (exact) mass is 342 g/mol. The number of fused-ring (bicyclic) bond motifs is 1. The molecule has 0 aliphatic carbocycles. The smallest absolute Gasteiger partial charge is 0.407 e. The van der Waals surface area contributed by atoms with E-state index in [9.17, 15) is 4.79 Å². The second-order valence-corrected chi connectivity index (χ2v) is 7.77. The Morgan fingerprint density at radius 1 is 1.08 bits per heavy atom. The summed E-state index contributed by atoms with van der Waals surface area (Å²) in [4.78, 5) is 12.0. The lowest BCUT2D eigenvalue weighted by Gasteiger charge is -2.26. The van der Waals surface area contributed by atoms with Crippen LogP contribution >= 0.6 is 0 Å². The molecule has 0 fully saturated rings.